The number of benzene rings is 2. The van der Waals surface area contributed by atoms with Gasteiger partial charge in [-0.1, -0.05) is 12.1 Å². The van der Waals surface area contributed by atoms with Gasteiger partial charge in [-0.05, 0) is 54.1 Å². The third-order valence-corrected chi connectivity index (χ3v) is 4.11. The van der Waals surface area contributed by atoms with Gasteiger partial charge in [0.15, 0.2) is 5.76 Å². The van der Waals surface area contributed by atoms with Gasteiger partial charge in [-0.15, -0.1) is 0 Å². The first-order chi connectivity index (χ1) is 13.7. The molecule has 0 aliphatic carbocycles. The molecule has 2 aromatic carbocycles. The molecule has 0 atom stereocenters. The Balaban J connectivity index is 1.57. The lowest BCUT2D eigenvalue weighted by Crippen LogP contribution is -2.25. The molecular weight excluding hydrogens is 390 g/mol. The van der Waals surface area contributed by atoms with Crippen LogP contribution in [0.4, 0.5) is 17.6 Å². The molecular formula is C21H17F4NO3. The lowest BCUT2D eigenvalue weighted by Gasteiger charge is -2.16. The van der Waals surface area contributed by atoms with Gasteiger partial charge in [-0.25, -0.2) is 4.39 Å². The van der Waals surface area contributed by atoms with Gasteiger partial charge in [-0.2, -0.15) is 13.2 Å². The number of nitrogens with zero attached hydrogens (tertiary/aromatic N) is 1. The fraction of sp³-hybridized carbons (Fsp3) is 0.190. The van der Waals surface area contributed by atoms with E-state index in [9.17, 15) is 22.4 Å². The minimum atomic E-state index is -4.40. The third-order valence-electron chi connectivity index (χ3n) is 4.11. The largest absolute Gasteiger partial charge is 0.486 e. The van der Waals surface area contributed by atoms with Crippen LogP contribution in [0.5, 0.6) is 5.75 Å². The van der Waals surface area contributed by atoms with Crippen molar-refractivity contribution in [2.24, 2.45) is 0 Å². The molecule has 1 amide bonds. The average Bonchev–Trinajstić information content (AvgIpc) is 3.15. The first-order valence-electron chi connectivity index (χ1n) is 8.61. The van der Waals surface area contributed by atoms with Gasteiger partial charge in [0.05, 0.1) is 5.56 Å². The van der Waals surface area contributed by atoms with E-state index in [0.717, 1.165) is 12.1 Å². The second kappa shape index (κ2) is 8.38. The lowest BCUT2D eigenvalue weighted by molar-refractivity contribution is -0.137. The molecule has 0 unspecified atom stereocenters. The third kappa shape index (κ3) is 5.37. The van der Waals surface area contributed by atoms with Crippen molar-refractivity contribution >= 4 is 5.91 Å². The molecule has 1 aromatic heterocycles. The Hall–Kier alpha value is -3.29. The molecule has 0 saturated carbocycles. The Labute approximate surface area is 164 Å². The summed E-state index contributed by atoms with van der Waals surface area (Å²) in [7, 11) is 1.53. The van der Waals surface area contributed by atoms with Crippen molar-refractivity contribution in [3.8, 4) is 5.75 Å². The monoisotopic (exact) mass is 407 g/mol. The van der Waals surface area contributed by atoms with Crippen LogP contribution in [0.2, 0.25) is 0 Å². The fourth-order valence-corrected chi connectivity index (χ4v) is 2.59. The lowest BCUT2D eigenvalue weighted by atomic mass is 10.1. The van der Waals surface area contributed by atoms with Crippen molar-refractivity contribution in [2.75, 3.05) is 7.05 Å². The van der Waals surface area contributed by atoms with Gasteiger partial charge >= 0.3 is 6.18 Å². The maximum absolute atomic E-state index is 12.9. The van der Waals surface area contributed by atoms with Crippen LogP contribution < -0.4 is 4.74 Å². The van der Waals surface area contributed by atoms with Crippen LogP contribution in [-0.4, -0.2) is 17.9 Å². The number of rotatable bonds is 6. The molecule has 152 valence electrons. The summed E-state index contributed by atoms with van der Waals surface area (Å²) in [6.45, 7) is 0.181. The van der Waals surface area contributed by atoms with E-state index in [1.54, 1.807) is 6.07 Å². The molecule has 4 nitrogen and oxygen atoms in total. The summed E-state index contributed by atoms with van der Waals surface area (Å²) in [5, 5.41) is 0. The highest BCUT2D eigenvalue weighted by Crippen LogP contribution is 2.29. The SMILES string of the molecule is CN(Cc1ccc(C(F)(F)F)cc1)C(=O)c1ccc(COc2ccc(F)cc2)o1. The number of carbonyl (C=O) groups is 1. The molecule has 0 spiro atoms. The number of halogens is 4. The molecule has 0 aliphatic rings. The number of carbonyl (C=O) groups excluding carboxylic acids is 1. The van der Waals surface area contributed by atoms with Crippen molar-refractivity contribution in [1.82, 2.24) is 4.90 Å². The first kappa shape index (κ1) is 20.4. The Morgan fingerprint density at radius 2 is 1.66 bits per heavy atom. The summed E-state index contributed by atoms with van der Waals surface area (Å²) < 4.78 is 61.7. The van der Waals surface area contributed by atoms with Crippen LogP contribution in [0.1, 0.15) is 27.4 Å². The van der Waals surface area contributed by atoms with Crippen molar-refractivity contribution in [3.63, 3.8) is 0 Å². The van der Waals surface area contributed by atoms with Gasteiger partial charge in [0, 0.05) is 13.6 Å². The Kier molecular flexibility index (Phi) is 5.91. The van der Waals surface area contributed by atoms with Gasteiger partial charge in [-0.3, -0.25) is 4.79 Å². The smallest absolute Gasteiger partial charge is 0.416 e. The summed E-state index contributed by atoms with van der Waals surface area (Å²) in [5.74, 6) is 0.144. The number of hydrogen-bond acceptors (Lipinski definition) is 3. The Morgan fingerprint density at radius 3 is 2.28 bits per heavy atom. The number of furan rings is 1. The normalized spacial score (nSPS) is 11.3. The van der Waals surface area contributed by atoms with Crippen LogP contribution in [0, 0.1) is 5.82 Å². The van der Waals surface area contributed by atoms with E-state index in [0.29, 0.717) is 17.1 Å². The number of hydrogen-bond donors (Lipinski definition) is 0. The van der Waals surface area contributed by atoms with E-state index in [2.05, 4.69) is 0 Å². The van der Waals surface area contributed by atoms with Crippen molar-refractivity contribution in [3.05, 3.63) is 89.1 Å². The van der Waals surface area contributed by atoms with E-state index in [1.807, 2.05) is 0 Å². The summed E-state index contributed by atoms with van der Waals surface area (Å²) in [5.41, 5.74) is -0.188. The van der Waals surface area contributed by atoms with Crippen molar-refractivity contribution in [1.29, 1.82) is 0 Å². The maximum Gasteiger partial charge on any atom is 0.416 e. The van der Waals surface area contributed by atoms with Crippen LogP contribution in [0.3, 0.4) is 0 Å². The zero-order valence-corrected chi connectivity index (χ0v) is 15.4. The van der Waals surface area contributed by atoms with Crippen molar-refractivity contribution in [2.45, 2.75) is 19.3 Å². The molecule has 3 aromatic rings. The quantitative estimate of drug-likeness (QED) is 0.522. The Bertz CT molecular complexity index is 963. The molecule has 0 bridgehead atoms. The highest BCUT2D eigenvalue weighted by molar-refractivity contribution is 5.91. The van der Waals surface area contributed by atoms with Gasteiger partial charge < -0.3 is 14.1 Å². The summed E-state index contributed by atoms with van der Waals surface area (Å²) in [4.78, 5) is 13.8. The zero-order valence-electron chi connectivity index (χ0n) is 15.4. The van der Waals surface area contributed by atoms with Gasteiger partial charge in [0.1, 0.15) is 23.9 Å². The van der Waals surface area contributed by atoms with E-state index < -0.39 is 17.6 Å². The standard InChI is InChI=1S/C21H17F4NO3/c1-26(12-14-2-4-15(5-3-14)21(23,24)25)20(27)19-11-10-18(29-19)13-28-17-8-6-16(22)7-9-17/h2-11H,12-13H2,1H3. The predicted octanol–water partition coefficient (Wildman–Crippen LogP) is 5.29. The average molecular weight is 407 g/mol. The fourth-order valence-electron chi connectivity index (χ4n) is 2.59. The number of ether oxygens (including phenoxy) is 1. The molecule has 8 heteroatoms. The topological polar surface area (TPSA) is 42.7 Å². The van der Waals surface area contributed by atoms with Crippen LogP contribution in [-0.2, 0) is 19.3 Å². The molecule has 0 N–H and O–H groups in total. The summed E-state index contributed by atoms with van der Waals surface area (Å²) >= 11 is 0. The Morgan fingerprint density at radius 1 is 1.00 bits per heavy atom. The second-order valence-corrected chi connectivity index (χ2v) is 6.36. The molecule has 0 aliphatic heterocycles. The predicted molar refractivity (Wildman–Crippen MR) is 96.7 cm³/mol. The van der Waals surface area contributed by atoms with Crippen LogP contribution in [0.25, 0.3) is 0 Å². The van der Waals surface area contributed by atoms with Gasteiger partial charge in [0.2, 0.25) is 0 Å². The van der Waals surface area contributed by atoms with E-state index in [-0.39, 0.29) is 24.7 Å². The van der Waals surface area contributed by atoms with E-state index in [1.165, 1.54) is 54.4 Å². The molecule has 1 heterocycles. The zero-order chi connectivity index (χ0) is 21.0. The minimum absolute atomic E-state index is 0.0571. The summed E-state index contributed by atoms with van der Waals surface area (Å²) in [6, 6.07) is 13.2. The highest BCUT2D eigenvalue weighted by Gasteiger charge is 2.30. The minimum Gasteiger partial charge on any atom is -0.486 e. The van der Waals surface area contributed by atoms with Crippen LogP contribution >= 0.6 is 0 Å². The molecule has 0 fully saturated rings. The molecule has 29 heavy (non-hydrogen) atoms. The molecule has 0 radical (unpaired) electrons. The first-order valence-corrected chi connectivity index (χ1v) is 8.61. The second-order valence-electron chi connectivity index (χ2n) is 6.36. The highest BCUT2D eigenvalue weighted by atomic mass is 19.4. The van der Waals surface area contributed by atoms with E-state index in [4.69, 9.17) is 9.15 Å². The summed E-state index contributed by atoms with van der Waals surface area (Å²) in [6.07, 6.45) is -4.40. The van der Waals surface area contributed by atoms with Crippen LogP contribution in [0.15, 0.2) is 65.1 Å². The van der Waals surface area contributed by atoms with Gasteiger partial charge in [0.25, 0.3) is 5.91 Å². The molecule has 3 rings (SSSR count). The molecule has 0 saturated heterocycles. The maximum atomic E-state index is 12.9. The number of alkyl halides is 3. The van der Waals surface area contributed by atoms with E-state index >= 15 is 0 Å². The number of amides is 1. The van der Waals surface area contributed by atoms with Crippen molar-refractivity contribution < 1.29 is 31.5 Å².